The molecule has 0 fully saturated rings. The van der Waals surface area contributed by atoms with Crippen LogP contribution in [0.5, 0.6) is 0 Å². The normalized spacial score (nSPS) is 10.9. The van der Waals surface area contributed by atoms with E-state index in [9.17, 15) is 0 Å². The van der Waals surface area contributed by atoms with Crippen molar-refractivity contribution in [3.8, 4) is 0 Å². The minimum atomic E-state index is 0.723. The van der Waals surface area contributed by atoms with Gasteiger partial charge in [0.1, 0.15) is 0 Å². The first-order valence-electron chi connectivity index (χ1n) is 5.20. The Bertz CT molecular complexity index is 251. The predicted octanol–water partition coefficient (Wildman–Crippen LogP) is 3.56. The molecule has 0 unspecified atom stereocenters. The molecule has 14 heavy (non-hydrogen) atoms. The number of ether oxygens (including phenoxy) is 1. The average molecular weight is 190 g/mol. The van der Waals surface area contributed by atoms with Gasteiger partial charge in [-0.1, -0.05) is 49.4 Å². The Labute approximate surface area is 86.4 Å². The van der Waals surface area contributed by atoms with Crippen molar-refractivity contribution in [3.05, 3.63) is 48.0 Å². The Morgan fingerprint density at radius 2 is 1.93 bits per heavy atom. The van der Waals surface area contributed by atoms with Crippen LogP contribution in [0.3, 0.4) is 0 Å². The maximum absolute atomic E-state index is 5.52. The zero-order valence-corrected chi connectivity index (χ0v) is 8.78. The van der Waals surface area contributed by atoms with Crippen LogP contribution in [0.15, 0.2) is 42.5 Å². The molecule has 0 aliphatic heterocycles. The van der Waals surface area contributed by atoms with Gasteiger partial charge in [-0.15, -0.1) is 0 Å². The van der Waals surface area contributed by atoms with Crippen molar-refractivity contribution in [3.63, 3.8) is 0 Å². The monoisotopic (exact) mass is 190 g/mol. The number of allylic oxidation sites excluding steroid dienone is 1. The van der Waals surface area contributed by atoms with E-state index >= 15 is 0 Å². The van der Waals surface area contributed by atoms with E-state index in [2.05, 4.69) is 31.2 Å². The van der Waals surface area contributed by atoms with Crippen molar-refractivity contribution in [2.24, 2.45) is 0 Å². The van der Waals surface area contributed by atoms with E-state index in [4.69, 9.17) is 4.74 Å². The molecule has 0 bridgehead atoms. The second-order valence-electron chi connectivity index (χ2n) is 3.21. The molecule has 0 radical (unpaired) electrons. The van der Waals surface area contributed by atoms with Gasteiger partial charge in [-0.3, -0.25) is 0 Å². The van der Waals surface area contributed by atoms with Crippen LogP contribution in [0.25, 0.3) is 0 Å². The SMILES string of the molecule is CC/C=C\CCOCc1ccccc1. The van der Waals surface area contributed by atoms with Crippen LogP contribution in [0.4, 0.5) is 0 Å². The lowest BCUT2D eigenvalue weighted by Crippen LogP contribution is -1.93. The second kappa shape index (κ2) is 7.34. The van der Waals surface area contributed by atoms with Crippen LogP contribution in [-0.2, 0) is 11.3 Å². The molecule has 1 aromatic rings. The molecular weight excluding hydrogens is 172 g/mol. The van der Waals surface area contributed by atoms with Crippen molar-refractivity contribution in [2.75, 3.05) is 6.61 Å². The largest absolute Gasteiger partial charge is 0.376 e. The molecule has 1 aromatic carbocycles. The number of benzene rings is 1. The summed E-state index contributed by atoms with van der Waals surface area (Å²) in [7, 11) is 0. The third-order valence-electron chi connectivity index (χ3n) is 1.94. The van der Waals surface area contributed by atoms with Crippen LogP contribution >= 0.6 is 0 Å². The molecule has 0 aliphatic carbocycles. The molecule has 0 amide bonds. The fourth-order valence-corrected chi connectivity index (χ4v) is 1.20. The van der Waals surface area contributed by atoms with E-state index in [1.54, 1.807) is 0 Å². The third-order valence-corrected chi connectivity index (χ3v) is 1.94. The summed E-state index contributed by atoms with van der Waals surface area (Å²) >= 11 is 0. The van der Waals surface area contributed by atoms with Gasteiger partial charge in [-0.05, 0) is 18.4 Å². The van der Waals surface area contributed by atoms with E-state index in [1.165, 1.54) is 5.56 Å². The molecule has 0 N–H and O–H groups in total. The highest BCUT2D eigenvalue weighted by Gasteiger charge is 1.89. The predicted molar refractivity (Wildman–Crippen MR) is 60.1 cm³/mol. The summed E-state index contributed by atoms with van der Waals surface area (Å²) in [5, 5.41) is 0. The molecule has 0 aromatic heterocycles. The summed E-state index contributed by atoms with van der Waals surface area (Å²) in [6, 6.07) is 10.3. The second-order valence-corrected chi connectivity index (χ2v) is 3.21. The van der Waals surface area contributed by atoms with Crippen molar-refractivity contribution >= 4 is 0 Å². The van der Waals surface area contributed by atoms with Gasteiger partial charge < -0.3 is 4.74 Å². The molecule has 0 atom stereocenters. The fourth-order valence-electron chi connectivity index (χ4n) is 1.20. The molecule has 0 saturated carbocycles. The van der Waals surface area contributed by atoms with Crippen molar-refractivity contribution in [1.82, 2.24) is 0 Å². The third kappa shape index (κ3) is 4.83. The topological polar surface area (TPSA) is 9.23 Å². The molecule has 0 heterocycles. The lowest BCUT2D eigenvalue weighted by Gasteiger charge is -2.01. The van der Waals surface area contributed by atoms with Gasteiger partial charge in [0.2, 0.25) is 0 Å². The molecule has 1 rings (SSSR count). The van der Waals surface area contributed by atoms with Crippen molar-refractivity contribution < 1.29 is 4.74 Å². The average Bonchev–Trinajstić information content (AvgIpc) is 2.25. The van der Waals surface area contributed by atoms with Gasteiger partial charge in [-0.2, -0.15) is 0 Å². The number of hydrogen-bond acceptors (Lipinski definition) is 1. The first-order valence-corrected chi connectivity index (χ1v) is 5.20. The van der Waals surface area contributed by atoms with Gasteiger partial charge >= 0.3 is 0 Å². The molecular formula is C13H18O. The first-order chi connectivity index (χ1) is 6.93. The van der Waals surface area contributed by atoms with Crippen LogP contribution in [0, 0.1) is 0 Å². The molecule has 0 spiro atoms. The molecule has 0 aliphatic rings. The summed E-state index contributed by atoms with van der Waals surface area (Å²) in [5.74, 6) is 0. The zero-order chi connectivity index (χ0) is 10.1. The lowest BCUT2D eigenvalue weighted by molar-refractivity contribution is 0.125. The maximum atomic E-state index is 5.52. The smallest absolute Gasteiger partial charge is 0.0717 e. The first kappa shape index (κ1) is 11.0. The Hall–Kier alpha value is -1.08. The van der Waals surface area contributed by atoms with E-state index < -0.39 is 0 Å². The number of rotatable bonds is 6. The maximum Gasteiger partial charge on any atom is 0.0717 e. The van der Waals surface area contributed by atoms with Gasteiger partial charge in [0.15, 0.2) is 0 Å². The van der Waals surface area contributed by atoms with Gasteiger partial charge in [0, 0.05) is 0 Å². The summed E-state index contributed by atoms with van der Waals surface area (Å²) in [5.41, 5.74) is 1.24. The minimum absolute atomic E-state index is 0.723. The fraction of sp³-hybridized carbons (Fsp3) is 0.385. The highest BCUT2D eigenvalue weighted by Crippen LogP contribution is 2.00. The van der Waals surface area contributed by atoms with E-state index in [0.29, 0.717) is 0 Å². The summed E-state index contributed by atoms with van der Waals surface area (Å²) in [6.07, 6.45) is 6.47. The molecule has 0 saturated heterocycles. The Kier molecular flexibility index (Phi) is 5.76. The molecule has 76 valence electrons. The summed E-state index contributed by atoms with van der Waals surface area (Å²) < 4.78 is 5.52. The Morgan fingerprint density at radius 1 is 1.14 bits per heavy atom. The van der Waals surface area contributed by atoms with Crippen LogP contribution in [0.2, 0.25) is 0 Å². The van der Waals surface area contributed by atoms with Crippen molar-refractivity contribution in [1.29, 1.82) is 0 Å². The van der Waals surface area contributed by atoms with Crippen LogP contribution in [0.1, 0.15) is 25.3 Å². The quantitative estimate of drug-likeness (QED) is 0.492. The zero-order valence-electron chi connectivity index (χ0n) is 8.78. The minimum Gasteiger partial charge on any atom is -0.376 e. The van der Waals surface area contributed by atoms with Crippen LogP contribution in [-0.4, -0.2) is 6.61 Å². The summed E-state index contributed by atoms with van der Waals surface area (Å²) in [6.45, 7) is 3.67. The lowest BCUT2D eigenvalue weighted by atomic mass is 10.2. The summed E-state index contributed by atoms with van der Waals surface area (Å²) in [4.78, 5) is 0. The Balaban J connectivity index is 2.07. The Morgan fingerprint density at radius 3 is 2.64 bits per heavy atom. The highest BCUT2D eigenvalue weighted by molar-refractivity contribution is 5.13. The van der Waals surface area contributed by atoms with Gasteiger partial charge in [0.25, 0.3) is 0 Å². The van der Waals surface area contributed by atoms with Crippen molar-refractivity contribution in [2.45, 2.75) is 26.4 Å². The van der Waals surface area contributed by atoms with Gasteiger partial charge in [-0.25, -0.2) is 0 Å². The van der Waals surface area contributed by atoms with E-state index in [-0.39, 0.29) is 0 Å². The number of hydrogen-bond donors (Lipinski definition) is 0. The standard InChI is InChI=1S/C13H18O/c1-2-3-4-8-11-14-12-13-9-6-5-7-10-13/h3-7,9-10H,2,8,11-12H2,1H3/b4-3-. The van der Waals surface area contributed by atoms with Gasteiger partial charge in [0.05, 0.1) is 13.2 Å². The van der Waals surface area contributed by atoms with E-state index in [1.807, 2.05) is 18.2 Å². The highest BCUT2D eigenvalue weighted by atomic mass is 16.5. The van der Waals surface area contributed by atoms with E-state index in [0.717, 1.165) is 26.1 Å². The molecule has 1 nitrogen and oxygen atoms in total. The molecule has 1 heteroatoms. The van der Waals surface area contributed by atoms with Crippen LogP contribution < -0.4 is 0 Å².